The molecule has 3 aromatic rings. The van der Waals surface area contributed by atoms with Crippen molar-refractivity contribution in [1.82, 2.24) is 0 Å². The minimum atomic E-state index is -1.71. The molecule has 8 heteroatoms. The van der Waals surface area contributed by atoms with E-state index in [0.717, 1.165) is 36.8 Å². The van der Waals surface area contributed by atoms with Gasteiger partial charge in [-0.3, -0.25) is 0 Å². The van der Waals surface area contributed by atoms with E-state index in [0.29, 0.717) is 15.7 Å². The molecule has 0 saturated carbocycles. The summed E-state index contributed by atoms with van der Waals surface area (Å²) in [4.78, 5) is 16.1. The number of quaternary nitrogens is 1. The maximum atomic E-state index is 13.4. The molecule has 4 nitrogen and oxygen atoms in total. The van der Waals surface area contributed by atoms with Crippen LogP contribution in [0.15, 0.2) is 52.5 Å². The quantitative estimate of drug-likeness (QED) is 0.342. The molecule has 1 N–H and O–H groups in total. The number of hydrogen-bond acceptors (Lipinski definition) is 6. The number of aryl methyl sites for hydroxylation is 1. The van der Waals surface area contributed by atoms with Crippen molar-refractivity contribution in [1.29, 1.82) is 0 Å². The number of carbonyl (C=O) groups is 1. The zero-order valence-corrected chi connectivity index (χ0v) is 21.9. The first-order valence-corrected chi connectivity index (χ1v) is 13.6. The molecule has 0 spiro atoms. The zero-order chi connectivity index (χ0) is 21.3. The third-order valence-electron chi connectivity index (χ3n) is 6.99. The van der Waals surface area contributed by atoms with E-state index in [9.17, 15) is 9.90 Å². The van der Waals surface area contributed by atoms with Crippen LogP contribution < -0.4 is 17.0 Å². The number of ether oxygens (including phenoxy) is 1. The van der Waals surface area contributed by atoms with Crippen LogP contribution in [-0.4, -0.2) is 47.8 Å². The van der Waals surface area contributed by atoms with E-state index >= 15 is 0 Å². The van der Waals surface area contributed by atoms with Crippen molar-refractivity contribution < 1.29 is 36.1 Å². The lowest BCUT2D eigenvalue weighted by molar-refractivity contribution is -0.946. The average Bonchev–Trinajstić information content (AvgIpc) is 3.58. The second-order valence-corrected chi connectivity index (χ2v) is 11.8. The monoisotopic (exact) mass is 553 g/mol. The molecule has 0 radical (unpaired) electrons. The summed E-state index contributed by atoms with van der Waals surface area (Å²) in [6.07, 6.45) is 4.39. The van der Waals surface area contributed by atoms with Gasteiger partial charge in [0.25, 0.3) is 0 Å². The smallest absolute Gasteiger partial charge is 0.349 e. The van der Waals surface area contributed by atoms with Gasteiger partial charge in [-0.2, -0.15) is 0 Å². The number of aliphatic hydroxyl groups is 1. The second kappa shape index (κ2) is 10.1. The summed E-state index contributed by atoms with van der Waals surface area (Å²) in [5.41, 5.74) is -1.71. The highest BCUT2D eigenvalue weighted by Crippen LogP contribution is 2.40. The lowest BCUT2D eigenvalue weighted by atomic mass is 9.82. The zero-order valence-electron chi connectivity index (χ0n) is 17.8. The van der Waals surface area contributed by atoms with E-state index in [-0.39, 0.29) is 23.1 Å². The van der Waals surface area contributed by atoms with Crippen molar-refractivity contribution in [3.63, 3.8) is 0 Å². The van der Waals surface area contributed by atoms with Gasteiger partial charge in [0.15, 0.2) is 6.10 Å². The maximum absolute atomic E-state index is 13.4. The van der Waals surface area contributed by atoms with Crippen LogP contribution in [0.3, 0.4) is 0 Å². The molecule has 3 fully saturated rings. The van der Waals surface area contributed by atoms with E-state index in [1.807, 2.05) is 46.4 Å². The highest BCUT2D eigenvalue weighted by atomic mass is 79.9. The van der Waals surface area contributed by atoms with Crippen molar-refractivity contribution in [2.24, 2.45) is 5.92 Å². The largest absolute Gasteiger partial charge is 1.00 e. The van der Waals surface area contributed by atoms with Crippen molar-refractivity contribution >= 4 is 40.0 Å². The summed E-state index contributed by atoms with van der Waals surface area (Å²) in [6.45, 7) is 4.39. The lowest BCUT2D eigenvalue weighted by Gasteiger charge is -2.52. The normalized spacial score (nSPS) is 24.8. The van der Waals surface area contributed by atoms with Crippen LogP contribution in [0.2, 0.25) is 0 Å². The van der Waals surface area contributed by atoms with Crippen molar-refractivity contribution in [2.75, 3.05) is 26.2 Å². The van der Waals surface area contributed by atoms with Gasteiger partial charge in [-0.25, -0.2) is 4.79 Å². The molecular weight excluding hydrogens is 526 g/mol. The Labute approximate surface area is 211 Å². The van der Waals surface area contributed by atoms with Crippen LogP contribution >= 0.6 is 34.0 Å². The summed E-state index contributed by atoms with van der Waals surface area (Å²) in [5, 5.41) is 17.5. The van der Waals surface area contributed by atoms with Gasteiger partial charge < -0.3 is 31.3 Å². The van der Waals surface area contributed by atoms with Gasteiger partial charge in [0, 0.05) is 30.1 Å². The van der Waals surface area contributed by atoms with Gasteiger partial charge in [-0.1, -0.05) is 18.2 Å². The highest BCUT2D eigenvalue weighted by Gasteiger charge is 2.51. The maximum Gasteiger partial charge on any atom is 0.349 e. The Morgan fingerprint density at radius 1 is 1.03 bits per heavy atom. The van der Waals surface area contributed by atoms with E-state index in [4.69, 9.17) is 4.74 Å². The van der Waals surface area contributed by atoms with Crippen LogP contribution in [0.1, 0.15) is 33.9 Å². The molecule has 32 heavy (non-hydrogen) atoms. The van der Waals surface area contributed by atoms with E-state index in [1.54, 1.807) is 0 Å². The van der Waals surface area contributed by atoms with Crippen LogP contribution in [0.25, 0.3) is 0 Å². The predicted octanol–water partition coefficient (Wildman–Crippen LogP) is 1.90. The van der Waals surface area contributed by atoms with Gasteiger partial charge in [0.05, 0.1) is 29.4 Å². The van der Waals surface area contributed by atoms with Gasteiger partial charge in [-0.15, -0.1) is 34.0 Å². The van der Waals surface area contributed by atoms with E-state index < -0.39 is 11.6 Å². The molecule has 172 valence electrons. The number of carbonyl (C=O) groups excluding carboxylic acids is 1. The van der Waals surface area contributed by atoms with Gasteiger partial charge >= 0.3 is 5.97 Å². The molecule has 1 atom stereocenters. The standard InChI is InChI=1S/C24H28NO3S3.BrH/c26-23(24(27,21-7-3-15-30-21)22-8-4-16-31-22)28-20-17-25(12-9-18(20)10-13-25)11-1-5-19-6-2-14-29-19;/h2-4,6-8,14-16,18,20,27H,1,5,9-13,17H2;1H/q+1;/p-1/t18?,20-,25?;/m0./s1. The number of hydrogen-bond donors (Lipinski definition) is 1. The van der Waals surface area contributed by atoms with E-state index in [2.05, 4.69) is 17.5 Å². The summed E-state index contributed by atoms with van der Waals surface area (Å²) < 4.78 is 7.18. The summed E-state index contributed by atoms with van der Waals surface area (Å²) in [6, 6.07) is 11.7. The molecule has 0 unspecified atom stereocenters. The molecule has 3 aliphatic rings. The molecule has 3 aliphatic heterocycles. The van der Waals surface area contributed by atoms with Gasteiger partial charge in [0.1, 0.15) is 6.54 Å². The molecular formula is C24H28BrNO3S3. The number of nitrogens with zero attached hydrogens (tertiary/aromatic N) is 1. The van der Waals surface area contributed by atoms with Crippen LogP contribution in [0.4, 0.5) is 0 Å². The number of thiophene rings is 3. The summed E-state index contributed by atoms with van der Waals surface area (Å²) in [7, 11) is 0. The Balaban J connectivity index is 0.00000245. The van der Waals surface area contributed by atoms with Crippen molar-refractivity contribution in [3.8, 4) is 0 Å². The summed E-state index contributed by atoms with van der Waals surface area (Å²) in [5.74, 6) is -0.106. The minimum absolute atomic E-state index is 0. The van der Waals surface area contributed by atoms with Gasteiger partial charge in [-0.05, 0) is 40.8 Å². The Morgan fingerprint density at radius 3 is 2.22 bits per heavy atom. The first-order valence-electron chi connectivity index (χ1n) is 11.0. The fourth-order valence-electron chi connectivity index (χ4n) is 5.23. The molecule has 0 aliphatic carbocycles. The van der Waals surface area contributed by atoms with Crippen molar-refractivity contribution in [2.45, 2.75) is 37.4 Å². The van der Waals surface area contributed by atoms with Crippen LogP contribution in [-0.2, 0) is 21.6 Å². The fraction of sp³-hybridized carbons (Fsp3) is 0.458. The Bertz CT molecular complexity index is 946. The first kappa shape index (κ1) is 24.1. The average molecular weight is 555 g/mol. The third kappa shape index (κ3) is 4.63. The number of halogens is 1. The number of esters is 1. The third-order valence-corrected chi connectivity index (χ3v) is 9.88. The SMILES string of the molecule is O=C(O[C@H]1C[N+]2(CCCc3cccs3)CCC1CC2)C(O)(c1cccs1)c1cccs1.[Br-]. The Kier molecular flexibility index (Phi) is 7.59. The van der Waals surface area contributed by atoms with Crippen LogP contribution in [0, 0.1) is 5.92 Å². The molecule has 6 rings (SSSR count). The summed E-state index contributed by atoms with van der Waals surface area (Å²) >= 11 is 4.62. The lowest BCUT2D eigenvalue weighted by Crippen LogP contribution is -3.00. The number of piperidine rings is 3. The Hall–Kier alpha value is -1.03. The molecule has 0 aromatic carbocycles. The Morgan fingerprint density at radius 2 is 1.66 bits per heavy atom. The first-order chi connectivity index (χ1) is 15.1. The fourth-order valence-corrected chi connectivity index (χ4v) is 7.69. The predicted molar refractivity (Wildman–Crippen MR) is 127 cm³/mol. The second-order valence-electron chi connectivity index (χ2n) is 8.82. The van der Waals surface area contributed by atoms with Crippen molar-refractivity contribution in [3.05, 3.63) is 67.2 Å². The number of rotatable bonds is 8. The van der Waals surface area contributed by atoms with E-state index in [1.165, 1.54) is 47.1 Å². The number of fused-ring (bicyclic) bond motifs is 3. The van der Waals surface area contributed by atoms with Gasteiger partial charge in [0.2, 0.25) is 5.60 Å². The minimum Gasteiger partial charge on any atom is -1.00 e. The molecule has 0 amide bonds. The topological polar surface area (TPSA) is 46.5 Å². The molecule has 3 aromatic heterocycles. The molecule has 3 saturated heterocycles. The highest BCUT2D eigenvalue weighted by molar-refractivity contribution is 7.12. The molecule has 2 bridgehead atoms. The van der Waals surface area contributed by atoms with Crippen LogP contribution in [0.5, 0.6) is 0 Å². The molecule has 6 heterocycles.